The Hall–Kier alpha value is -9.30. The Balaban J connectivity index is 0.775. The summed E-state index contributed by atoms with van der Waals surface area (Å²) in [5.41, 5.74) is 18.0. The number of nitrogens with zero attached hydrogens (tertiary/aromatic N) is 2. The standard InChI is InChI=1S/C90H78F4N2S/c1-3-57-13-17-59(18-14-57)61-21-25-63(26-22-61)89(65-29-33-67(91)34-30-65)83-11-7-5-9-77(83)79-49-45-75(55-85(79)89)95(71-41-37-69(93)38-42-71)73-47-51-87-81(53-73)82-54-74(48-52-88(82)97-87)96(72-43-39-70(94)40-44-72)76-46-50-80-78-10-6-8-12-84(78)90(86(80)56-76,66-31-35-68(92)36-32-66)64-27-23-62(24-28-64)60-19-15-58(4-2)16-20-60/h3-13,15,17-19,21-22,25,27,29,31,33-46,48-50,52-57,62-63,65-66,78-79,84-85H,1-2,14,16,20,23-24,26,28,30,32,47,51H2. The van der Waals surface area contributed by atoms with Gasteiger partial charge in [-0.1, -0.05) is 164 Å². The molecule has 0 spiro atoms. The van der Waals surface area contributed by atoms with E-state index in [1.54, 1.807) is 48.6 Å². The molecule has 0 amide bonds. The van der Waals surface area contributed by atoms with E-state index in [2.05, 4.69) is 199 Å². The second kappa shape index (κ2) is 25.0. The smallest absolute Gasteiger partial charge is 0.123 e. The summed E-state index contributed by atoms with van der Waals surface area (Å²) in [7, 11) is 0. The summed E-state index contributed by atoms with van der Waals surface area (Å²) in [5, 5.41) is 1.13. The third-order valence-electron chi connectivity index (χ3n) is 23.7. The van der Waals surface area contributed by atoms with E-state index in [4.69, 9.17) is 0 Å². The van der Waals surface area contributed by atoms with E-state index >= 15 is 17.6 Å². The molecule has 0 aliphatic heterocycles. The maximum absolute atomic E-state index is 15.3. The predicted molar refractivity (Wildman–Crippen MR) is 394 cm³/mol. The third kappa shape index (κ3) is 10.4. The van der Waals surface area contributed by atoms with Crippen molar-refractivity contribution in [2.45, 2.75) is 93.3 Å². The lowest BCUT2D eigenvalue weighted by molar-refractivity contribution is 0.176. The number of aryl methyl sites for hydroxylation is 1. The van der Waals surface area contributed by atoms with E-state index in [1.807, 2.05) is 47.8 Å². The van der Waals surface area contributed by atoms with Crippen molar-refractivity contribution in [3.63, 3.8) is 0 Å². The van der Waals surface area contributed by atoms with Gasteiger partial charge in [0, 0.05) is 83.6 Å². The van der Waals surface area contributed by atoms with Crippen LogP contribution in [0.25, 0.3) is 16.2 Å². The first-order valence-electron chi connectivity index (χ1n) is 35.1. The van der Waals surface area contributed by atoms with Crippen molar-refractivity contribution in [3.05, 3.63) is 363 Å². The van der Waals surface area contributed by atoms with Crippen molar-refractivity contribution >= 4 is 50.2 Å². The molecule has 2 nitrogen and oxygen atoms in total. The molecule has 1 heterocycles. The summed E-state index contributed by atoms with van der Waals surface area (Å²) < 4.78 is 62.3. The predicted octanol–water partition coefficient (Wildman–Crippen LogP) is 24.2. The van der Waals surface area contributed by atoms with Gasteiger partial charge in [-0.2, -0.15) is 0 Å². The molecule has 11 unspecified atom stereocenters. The van der Waals surface area contributed by atoms with E-state index in [0.717, 1.165) is 103 Å². The van der Waals surface area contributed by atoms with Gasteiger partial charge in [-0.15, -0.1) is 17.9 Å². The van der Waals surface area contributed by atoms with Crippen LogP contribution in [0.1, 0.15) is 109 Å². The lowest BCUT2D eigenvalue weighted by atomic mass is 9.54. The van der Waals surface area contributed by atoms with Gasteiger partial charge in [0.2, 0.25) is 0 Å². The number of anilines is 4. The normalized spacial score (nSPS) is 28.7. The Labute approximate surface area is 572 Å². The van der Waals surface area contributed by atoms with Crippen molar-refractivity contribution in [1.29, 1.82) is 0 Å². The molecular formula is C90H78F4N2S. The molecule has 7 heteroatoms. The summed E-state index contributed by atoms with van der Waals surface area (Å²) in [5.74, 6) is 0.266. The minimum absolute atomic E-state index is 0.00214. The first kappa shape index (κ1) is 61.3. The average molecular weight is 1300 g/mol. The Morgan fingerprint density at radius 2 is 1.20 bits per heavy atom. The molecular weight excluding hydrogens is 1220 g/mol. The van der Waals surface area contributed by atoms with Crippen molar-refractivity contribution in [1.82, 2.24) is 0 Å². The van der Waals surface area contributed by atoms with Crippen molar-refractivity contribution < 1.29 is 17.6 Å². The second-order valence-electron chi connectivity index (χ2n) is 28.3. The fourth-order valence-electron chi connectivity index (χ4n) is 19.2. The maximum Gasteiger partial charge on any atom is 0.123 e. The lowest BCUT2D eigenvalue weighted by Gasteiger charge is -2.49. The molecule has 1 aromatic heterocycles. The van der Waals surface area contributed by atoms with Crippen molar-refractivity contribution in [3.8, 4) is 0 Å². The Kier molecular flexibility index (Phi) is 15.8. The molecule has 17 rings (SSSR count). The molecule has 97 heavy (non-hydrogen) atoms. The van der Waals surface area contributed by atoms with Crippen molar-refractivity contribution in [2.24, 2.45) is 41.4 Å². The maximum atomic E-state index is 15.3. The van der Waals surface area contributed by atoms with E-state index < -0.39 is 10.8 Å². The number of benzene rings is 5. The number of halogens is 4. The van der Waals surface area contributed by atoms with Gasteiger partial charge >= 0.3 is 0 Å². The number of fused-ring (bicyclic) bond motifs is 9. The van der Waals surface area contributed by atoms with Crippen LogP contribution < -0.4 is 9.80 Å². The van der Waals surface area contributed by atoms with Crippen LogP contribution in [0.4, 0.5) is 40.3 Å². The van der Waals surface area contributed by atoms with Gasteiger partial charge in [0.1, 0.15) is 23.3 Å². The largest absolute Gasteiger partial charge is 0.315 e. The third-order valence-corrected chi connectivity index (χ3v) is 25.0. The monoisotopic (exact) mass is 1290 g/mol. The lowest BCUT2D eigenvalue weighted by Crippen LogP contribution is -2.46. The van der Waals surface area contributed by atoms with Crippen LogP contribution in [0.3, 0.4) is 0 Å². The SMILES string of the molecule is C=CC1=CC=C(C2CC=C(C3(C4C=CC(F)=CC4)c4cc(N(c5ccc(F)cc5)c5ccc6sc7c(c6c5)C=C(N(C5=CC6C(C=C5)c5ccccc5C6(C5C=CC(F)=CC5)C5C=CC(C6=CCC(C=C)C=C6)=CC5)c5ccc(F)cc5)CC7)ccc4C4C=CC=CC43)CC2)CC1. The Morgan fingerprint density at radius 1 is 0.526 bits per heavy atom. The summed E-state index contributed by atoms with van der Waals surface area (Å²) in [6.07, 6.45) is 64.9. The van der Waals surface area contributed by atoms with Crippen LogP contribution in [0, 0.1) is 53.1 Å². The van der Waals surface area contributed by atoms with Gasteiger partial charge in [0.25, 0.3) is 0 Å². The molecule has 482 valence electrons. The van der Waals surface area contributed by atoms with E-state index in [-0.39, 0.29) is 64.7 Å². The first-order valence-corrected chi connectivity index (χ1v) is 35.9. The van der Waals surface area contributed by atoms with Crippen LogP contribution in [-0.2, 0) is 17.3 Å². The van der Waals surface area contributed by atoms with Gasteiger partial charge in [0.05, 0.1) is 0 Å². The highest BCUT2D eigenvalue weighted by atomic mass is 32.1. The number of hydrogen-bond acceptors (Lipinski definition) is 3. The van der Waals surface area contributed by atoms with Gasteiger partial charge in [0.15, 0.2) is 0 Å². The molecule has 5 aromatic carbocycles. The minimum atomic E-state index is -0.457. The zero-order chi connectivity index (χ0) is 65.5. The number of hydrogen-bond donors (Lipinski definition) is 0. The quantitative estimate of drug-likeness (QED) is 0.0792. The van der Waals surface area contributed by atoms with Crippen LogP contribution in [0.15, 0.2) is 319 Å². The summed E-state index contributed by atoms with van der Waals surface area (Å²) >= 11 is 1.84. The van der Waals surface area contributed by atoms with E-state index in [9.17, 15) is 0 Å². The molecule has 0 fully saturated rings. The van der Waals surface area contributed by atoms with E-state index in [0.29, 0.717) is 24.7 Å². The van der Waals surface area contributed by atoms with Crippen LogP contribution in [0.5, 0.6) is 0 Å². The average Bonchev–Trinajstić information content (AvgIpc) is 1.55. The topological polar surface area (TPSA) is 6.48 Å². The molecule has 0 N–H and O–H groups in total. The minimum Gasteiger partial charge on any atom is -0.315 e. The highest BCUT2D eigenvalue weighted by Gasteiger charge is 2.59. The Morgan fingerprint density at radius 3 is 1.88 bits per heavy atom. The van der Waals surface area contributed by atoms with Crippen LogP contribution in [-0.4, -0.2) is 0 Å². The molecule has 0 bridgehead atoms. The van der Waals surface area contributed by atoms with Gasteiger partial charge in [-0.05, 0) is 260 Å². The van der Waals surface area contributed by atoms with Crippen molar-refractivity contribution in [2.75, 3.05) is 9.80 Å². The highest BCUT2D eigenvalue weighted by molar-refractivity contribution is 7.19. The molecule has 11 aliphatic carbocycles. The highest BCUT2D eigenvalue weighted by Crippen LogP contribution is 2.66. The zero-order valence-corrected chi connectivity index (χ0v) is 55.3. The first-order chi connectivity index (χ1) is 47.6. The molecule has 11 atom stereocenters. The number of thiophene rings is 1. The molecule has 0 radical (unpaired) electrons. The second-order valence-corrected chi connectivity index (χ2v) is 29.5. The van der Waals surface area contributed by atoms with Gasteiger partial charge in [-0.25, -0.2) is 17.6 Å². The zero-order valence-electron chi connectivity index (χ0n) is 54.5. The fourth-order valence-corrected chi connectivity index (χ4v) is 20.4. The number of allylic oxidation sites excluding steroid dienone is 32. The molecule has 0 saturated carbocycles. The van der Waals surface area contributed by atoms with Gasteiger partial charge < -0.3 is 9.80 Å². The molecule has 11 aliphatic rings. The molecule has 6 aromatic rings. The van der Waals surface area contributed by atoms with E-state index in [1.165, 1.54) is 59.7 Å². The van der Waals surface area contributed by atoms with Crippen LogP contribution in [0.2, 0.25) is 0 Å². The number of rotatable bonds is 14. The summed E-state index contributed by atoms with van der Waals surface area (Å²) in [6.45, 7) is 8.09. The summed E-state index contributed by atoms with van der Waals surface area (Å²) in [6, 6.07) is 36.7. The molecule has 0 saturated heterocycles. The summed E-state index contributed by atoms with van der Waals surface area (Å²) in [4.78, 5) is 5.98. The Bertz CT molecular complexity index is 4780. The van der Waals surface area contributed by atoms with Crippen LogP contribution >= 0.6 is 11.3 Å². The fraction of sp³-hybridized carbons (Fsp3) is 0.244. The van der Waals surface area contributed by atoms with Gasteiger partial charge in [-0.3, -0.25) is 0 Å².